The maximum Gasteiger partial charge on any atom is 0.407 e. The molecule has 0 radical (unpaired) electrons. The highest BCUT2D eigenvalue weighted by atomic mass is 16.5. The average molecular weight is 481 g/mol. The molecule has 3 atom stereocenters. The minimum atomic E-state index is -1.02. The van der Waals surface area contributed by atoms with Crippen molar-refractivity contribution in [1.82, 2.24) is 10.6 Å². The van der Waals surface area contributed by atoms with E-state index in [2.05, 4.69) is 34.9 Å². The van der Waals surface area contributed by atoms with Crippen LogP contribution in [0.5, 0.6) is 0 Å². The predicted molar refractivity (Wildman–Crippen MR) is 130 cm³/mol. The average Bonchev–Trinajstić information content (AvgIpc) is 3.44. The van der Waals surface area contributed by atoms with Gasteiger partial charge in [-0.15, -0.1) is 0 Å². The number of carbonyl (C=O) groups is 3. The third-order valence-electron chi connectivity index (χ3n) is 6.88. The Kier molecular flexibility index (Phi) is 7.70. The summed E-state index contributed by atoms with van der Waals surface area (Å²) in [5.41, 5.74) is 4.59. The second-order valence-corrected chi connectivity index (χ2v) is 9.51. The van der Waals surface area contributed by atoms with Gasteiger partial charge < -0.3 is 25.2 Å². The normalized spacial score (nSPS) is 19.6. The number of benzene rings is 2. The summed E-state index contributed by atoms with van der Waals surface area (Å²) in [4.78, 5) is 36.4. The first-order valence-electron chi connectivity index (χ1n) is 12.1. The van der Waals surface area contributed by atoms with E-state index in [1.165, 1.54) is 0 Å². The van der Waals surface area contributed by atoms with E-state index in [-0.39, 0.29) is 43.2 Å². The quantitative estimate of drug-likeness (QED) is 0.506. The van der Waals surface area contributed by atoms with Crippen molar-refractivity contribution in [2.24, 2.45) is 11.8 Å². The Morgan fingerprint density at radius 1 is 1.06 bits per heavy atom. The van der Waals surface area contributed by atoms with Crippen molar-refractivity contribution < 1.29 is 29.0 Å². The van der Waals surface area contributed by atoms with E-state index in [1.54, 1.807) is 0 Å². The Morgan fingerprint density at radius 3 is 2.29 bits per heavy atom. The number of hydrogen-bond acceptors (Lipinski definition) is 5. The number of ether oxygens (including phenoxy) is 2. The van der Waals surface area contributed by atoms with Crippen LogP contribution in [0, 0.1) is 11.8 Å². The molecule has 186 valence electrons. The van der Waals surface area contributed by atoms with Gasteiger partial charge in [-0.05, 0) is 34.6 Å². The zero-order chi connectivity index (χ0) is 24.9. The van der Waals surface area contributed by atoms with Crippen LogP contribution < -0.4 is 10.6 Å². The number of hydrogen-bond donors (Lipinski definition) is 3. The molecular weight excluding hydrogens is 448 g/mol. The van der Waals surface area contributed by atoms with Crippen molar-refractivity contribution in [3.05, 3.63) is 59.7 Å². The van der Waals surface area contributed by atoms with Gasteiger partial charge in [0.05, 0.1) is 0 Å². The molecule has 1 fully saturated rings. The molecule has 1 aliphatic carbocycles. The monoisotopic (exact) mass is 480 g/mol. The molecule has 2 amide bonds. The third-order valence-corrected chi connectivity index (χ3v) is 6.88. The number of rotatable bonds is 9. The Morgan fingerprint density at radius 2 is 1.69 bits per heavy atom. The summed E-state index contributed by atoms with van der Waals surface area (Å²) in [6.45, 7) is 4.65. The Bertz CT molecular complexity index is 1040. The van der Waals surface area contributed by atoms with Gasteiger partial charge >= 0.3 is 12.1 Å². The maximum atomic E-state index is 12.7. The largest absolute Gasteiger partial charge is 0.479 e. The van der Waals surface area contributed by atoms with E-state index < -0.39 is 24.2 Å². The molecule has 0 spiro atoms. The first-order chi connectivity index (χ1) is 16.8. The van der Waals surface area contributed by atoms with Gasteiger partial charge in [0, 0.05) is 37.5 Å². The van der Waals surface area contributed by atoms with E-state index in [9.17, 15) is 19.5 Å². The van der Waals surface area contributed by atoms with Gasteiger partial charge in [-0.25, -0.2) is 9.59 Å². The molecule has 1 heterocycles. The molecule has 35 heavy (non-hydrogen) atoms. The number of alkyl carbamates (subject to hydrolysis) is 1. The standard InChI is InChI=1S/C27H32N2O6/c1-16(2)23(13-24(30)28-14-17-11-12-34-25(17)26(31)32)29-27(33)35-15-22-20-9-5-3-7-18(20)19-8-4-6-10-21(19)22/h3-10,16-17,22-23,25H,11-15H2,1-2H3,(H,28,30)(H,29,33)(H,31,32)/t17?,23-,25?/m0/s1. The van der Waals surface area contributed by atoms with Gasteiger partial charge in [0.2, 0.25) is 5.91 Å². The van der Waals surface area contributed by atoms with Crippen LogP contribution in [0.4, 0.5) is 4.79 Å². The van der Waals surface area contributed by atoms with E-state index >= 15 is 0 Å². The number of carboxylic acid groups (broad SMARTS) is 1. The maximum absolute atomic E-state index is 12.7. The van der Waals surface area contributed by atoms with E-state index in [0.717, 1.165) is 22.3 Å². The number of amides is 2. The van der Waals surface area contributed by atoms with Gasteiger partial charge in [-0.3, -0.25) is 4.79 Å². The van der Waals surface area contributed by atoms with Crippen LogP contribution in [0.1, 0.15) is 43.7 Å². The van der Waals surface area contributed by atoms with E-state index in [0.29, 0.717) is 13.0 Å². The molecule has 2 aromatic carbocycles. The molecule has 0 bridgehead atoms. The van der Waals surface area contributed by atoms with Crippen LogP contribution in [-0.2, 0) is 19.1 Å². The van der Waals surface area contributed by atoms with Crippen molar-refractivity contribution in [2.75, 3.05) is 19.8 Å². The molecule has 1 saturated heterocycles. The summed E-state index contributed by atoms with van der Waals surface area (Å²) in [6, 6.07) is 15.9. The predicted octanol–water partition coefficient (Wildman–Crippen LogP) is 3.55. The van der Waals surface area contributed by atoms with Gasteiger partial charge in [-0.1, -0.05) is 62.4 Å². The van der Waals surface area contributed by atoms with Crippen LogP contribution in [-0.4, -0.2) is 55.0 Å². The molecule has 2 aliphatic rings. The van der Waals surface area contributed by atoms with Gasteiger partial charge in [0.25, 0.3) is 0 Å². The first kappa shape index (κ1) is 24.7. The highest BCUT2D eigenvalue weighted by Gasteiger charge is 2.34. The smallest absolute Gasteiger partial charge is 0.407 e. The SMILES string of the molecule is CC(C)[C@H](CC(=O)NCC1CCOC1C(=O)O)NC(=O)OCC1c2ccccc2-c2ccccc21. The summed E-state index contributed by atoms with van der Waals surface area (Å²) < 4.78 is 10.8. The summed E-state index contributed by atoms with van der Waals surface area (Å²) in [6.07, 6.45) is -0.792. The lowest BCUT2D eigenvalue weighted by Gasteiger charge is -2.23. The lowest BCUT2D eigenvalue weighted by atomic mass is 9.98. The lowest BCUT2D eigenvalue weighted by molar-refractivity contribution is -0.149. The Balaban J connectivity index is 1.30. The molecule has 2 aromatic rings. The Hall–Kier alpha value is -3.39. The van der Waals surface area contributed by atoms with Gasteiger partial charge in [0.1, 0.15) is 6.61 Å². The second-order valence-electron chi connectivity index (χ2n) is 9.51. The minimum absolute atomic E-state index is 0.00261. The minimum Gasteiger partial charge on any atom is -0.479 e. The summed E-state index contributed by atoms with van der Waals surface area (Å²) in [5.74, 6) is -1.56. The highest BCUT2D eigenvalue weighted by molar-refractivity contribution is 5.80. The van der Waals surface area contributed by atoms with Crippen LogP contribution in [0.15, 0.2) is 48.5 Å². The number of aliphatic carboxylic acids is 1. The first-order valence-corrected chi connectivity index (χ1v) is 12.1. The van der Waals surface area contributed by atoms with Crippen molar-refractivity contribution >= 4 is 18.0 Å². The zero-order valence-electron chi connectivity index (χ0n) is 20.0. The van der Waals surface area contributed by atoms with Crippen LogP contribution in [0.25, 0.3) is 11.1 Å². The molecule has 1 aliphatic heterocycles. The van der Waals surface area contributed by atoms with Crippen molar-refractivity contribution in [3.63, 3.8) is 0 Å². The van der Waals surface area contributed by atoms with Crippen molar-refractivity contribution in [1.29, 1.82) is 0 Å². The second kappa shape index (κ2) is 10.9. The van der Waals surface area contributed by atoms with Crippen LogP contribution in [0.2, 0.25) is 0 Å². The van der Waals surface area contributed by atoms with Crippen molar-refractivity contribution in [2.45, 2.75) is 44.8 Å². The van der Waals surface area contributed by atoms with Crippen molar-refractivity contribution in [3.8, 4) is 11.1 Å². The molecular formula is C27H32N2O6. The zero-order valence-corrected chi connectivity index (χ0v) is 20.0. The van der Waals surface area contributed by atoms with Gasteiger partial charge in [-0.2, -0.15) is 0 Å². The number of fused-ring (bicyclic) bond motifs is 3. The van der Waals surface area contributed by atoms with Crippen LogP contribution in [0.3, 0.4) is 0 Å². The fraction of sp³-hybridized carbons (Fsp3) is 0.444. The summed E-state index contributed by atoms with van der Waals surface area (Å²) >= 11 is 0. The molecule has 0 saturated carbocycles. The highest BCUT2D eigenvalue weighted by Crippen LogP contribution is 2.44. The third kappa shape index (κ3) is 5.65. The fourth-order valence-corrected chi connectivity index (χ4v) is 4.88. The number of carboxylic acids is 1. The Labute approximate surface area is 205 Å². The summed E-state index contributed by atoms with van der Waals surface area (Å²) in [7, 11) is 0. The molecule has 8 nitrogen and oxygen atoms in total. The fourth-order valence-electron chi connectivity index (χ4n) is 4.88. The van der Waals surface area contributed by atoms with E-state index in [1.807, 2.05) is 38.1 Å². The lowest BCUT2D eigenvalue weighted by Crippen LogP contribution is -2.44. The van der Waals surface area contributed by atoms with E-state index in [4.69, 9.17) is 9.47 Å². The van der Waals surface area contributed by atoms with Gasteiger partial charge in [0.15, 0.2) is 6.10 Å². The van der Waals surface area contributed by atoms with Crippen LogP contribution >= 0.6 is 0 Å². The molecule has 3 N–H and O–H groups in total. The topological polar surface area (TPSA) is 114 Å². The molecule has 2 unspecified atom stereocenters. The number of carbonyl (C=O) groups excluding carboxylic acids is 2. The summed E-state index contributed by atoms with van der Waals surface area (Å²) in [5, 5.41) is 14.8. The molecule has 0 aromatic heterocycles. The molecule has 4 rings (SSSR count). The number of nitrogens with one attached hydrogen (secondary N) is 2. The molecule has 8 heteroatoms.